The molecule has 1 saturated carbocycles. The predicted molar refractivity (Wildman–Crippen MR) is 246 cm³/mol. The fourth-order valence-corrected chi connectivity index (χ4v) is 10.3. The number of methoxy groups -OCH3 is 4. The molecule has 1 aliphatic carbocycles. The number of pyridine rings is 1. The molecule has 3 aliphatic heterocycles. The van der Waals surface area contributed by atoms with E-state index in [4.69, 9.17) is 28.4 Å². The van der Waals surface area contributed by atoms with Gasteiger partial charge in [-0.1, -0.05) is 37.6 Å². The maximum absolute atomic E-state index is 14.5. The van der Waals surface area contributed by atoms with E-state index < -0.39 is 96.1 Å². The molecule has 0 unspecified atom stereocenters. The molecule has 374 valence electrons. The molecular weight excluding hydrogens is 867 g/mol. The van der Waals surface area contributed by atoms with Crippen LogP contribution in [0.15, 0.2) is 47.7 Å². The van der Waals surface area contributed by atoms with Crippen LogP contribution in [0, 0.1) is 23.7 Å². The SMILES string of the molecule is CO[C@H]1C/C(C)=C/[C@@H](CCCC(=O)Nc2ccccn2)C(=O)C[C@H](O)[C@@H](C)[C@@H](/C(C)=C/[C@@H]2CC[C@@H](O)[C@H](OC)C2)OC(=O)[C@@H]2CCCCN2C(=O)C(=O)[C@]2(O)O[C@H]([C@@H](OC)C1)[C@@H](OC)C[C@H]2C. The van der Waals surface area contributed by atoms with Gasteiger partial charge in [0.25, 0.3) is 11.7 Å². The minimum atomic E-state index is -2.59. The standard InChI is InChI=1S/C50H75N3O14/c1-29-22-34(14-13-17-44(57)52-43-16-9-11-20-51-43)39(56)28-38(55)32(4)45(30(2)24-33-18-19-37(54)40(26-33)63-6)66-49(60)36-15-10-12-21-53(36)48(59)47(58)50(61)31(3)25-41(64-7)46(67-50)42(65-8)27-35(23-29)62-5/h9,11,16,20,22,24,31-38,40-42,45-46,54-55,61H,10,12-15,17-19,21,23,25-28H2,1-8H3,(H,51,52,57)/b29-22+,30-24+/t31-,32-,33+,34-,35+,36+,37-,38+,40-,41+,42+,45-,46+,50-/m1/s1. The van der Waals surface area contributed by atoms with E-state index in [1.165, 1.54) is 14.2 Å². The van der Waals surface area contributed by atoms with Gasteiger partial charge in [-0.3, -0.25) is 19.2 Å². The molecular formula is C50H75N3O14. The van der Waals surface area contributed by atoms with Gasteiger partial charge in [-0.15, -0.1) is 0 Å². The number of amides is 2. The molecule has 5 rings (SSSR count). The van der Waals surface area contributed by atoms with Crippen molar-refractivity contribution in [2.75, 3.05) is 40.3 Å². The summed E-state index contributed by atoms with van der Waals surface area (Å²) in [4.78, 5) is 75.9. The summed E-state index contributed by atoms with van der Waals surface area (Å²) in [6.45, 7) is 7.00. The van der Waals surface area contributed by atoms with Crippen molar-refractivity contribution >= 4 is 35.2 Å². The Kier molecular flexibility index (Phi) is 20.2. The molecule has 14 atom stereocenters. The number of anilines is 1. The van der Waals surface area contributed by atoms with Crippen LogP contribution in [0.5, 0.6) is 0 Å². The number of hydrogen-bond acceptors (Lipinski definition) is 15. The fraction of sp³-hybridized carbons (Fsp3) is 0.720. The lowest BCUT2D eigenvalue weighted by Gasteiger charge is -2.47. The Balaban J connectivity index is 1.53. The zero-order chi connectivity index (χ0) is 49.0. The first-order valence-corrected chi connectivity index (χ1v) is 24.0. The number of nitrogens with zero attached hydrogens (tertiary/aromatic N) is 2. The second-order valence-corrected chi connectivity index (χ2v) is 19.2. The Hall–Kier alpha value is -3.94. The molecule has 1 aromatic heterocycles. The average Bonchev–Trinajstić information content (AvgIpc) is 3.32. The van der Waals surface area contributed by atoms with E-state index in [9.17, 15) is 39.3 Å². The van der Waals surface area contributed by atoms with Gasteiger partial charge in [0.1, 0.15) is 29.9 Å². The third-order valence-electron chi connectivity index (χ3n) is 14.4. The molecule has 4 heterocycles. The largest absolute Gasteiger partial charge is 0.456 e. The molecule has 2 saturated heterocycles. The number of Topliss-reactive ketones (excluding diaryl/α,β-unsaturated/α-hetero) is 2. The third kappa shape index (κ3) is 13.9. The second-order valence-electron chi connectivity index (χ2n) is 19.2. The highest BCUT2D eigenvalue weighted by molar-refractivity contribution is 6.39. The van der Waals surface area contributed by atoms with Gasteiger partial charge in [-0.2, -0.15) is 0 Å². The molecule has 4 N–H and O–H groups in total. The Morgan fingerprint density at radius 3 is 2.31 bits per heavy atom. The molecule has 0 aromatic carbocycles. The minimum Gasteiger partial charge on any atom is -0.456 e. The van der Waals surface area contributed by atoms with Gasteiger partial charge in [0.2, 0.25) is 11.7 Å². The van der Waals surface area contributed by atoms with Gasteiger partial charge < -0.3 is 54.0 Å². The molecule has 4 aliphatic rings. The molecule has 67 heavy (non-hydrogen) atoms. The maximum Gasteiger partial charge on any atom is 0.329 e. The number of nitrogens with one attached hydrogen (secondary N) is 1. The van der Waals surface area contributed by atoms with Crippen molar-refractivity contribution in [3.05, 3.63) is 47.7 Å². The second kappa shape index (κ2) is 25.1. The van der Waals surface area contributed by atoms with Crippen LogP contribution >= 0.6 is 0 Å². The van der Waals surface area contributed by atoms with E-state index in [1.54, 1.807) is 59.4 Å². The summed E-state index contributed by atoms with van der Waals surface area (Å²) in [5.74, 6) is -8.31. The normalized spacial score (nSPS) is 36.5. The Labute approximate surface area is 395 Å². The summed E-state index contributed by atoms with van der Waals surface area (Å²) in [6.07, 6.45) is 3.02. The number of piperidine rings is 1. The number of carbonyl (C=O) groups excluding carboxylic acids is 5. The first kappa shape index (κ1) is 54.0. The molecule has 17 nitrogen and oxygen atoms in total. The van der Waals surface area contributed by atoms with Gasteiger partial charge in [0, 0.05) is 78.2 Å². The lowest BCUT2D eigenvalue weighted by Crippen LogP contribution is -2.64. The van der Waals surface area contributed by atoms with E-state index in [1.807, 2.05) is 19.1 Å². The highest BCUT2D eigenvalue weighted by atomic mass is 16.7. The highest BCUT2D eigenvalue weighted by Gasteiger charge is 2.57. The van der Waals surface area contributed by atoms with E-state index in [-0.39, 0.29) is 56.3 Å². The predicted octanol–water partition coefficient (Wildman–Crippen LogP) is 4.65. The van der Waals surface area contributed by atoms with Crippen LogP contribution in [0.2, 0.25) is 0 Å². The van der Waals surface area contributed by atoms with Crippen LogP contribution in [0.4, 0.5) is 5.82 Å². The number of ketones is 2. The number of ether oxygens (including phenoxy) is 6. The smallest absolute Gasteiger partial charge is 0.329 e. The van der Waals surface area contributed by atoms with Crippen LogP contribution in [0.1, 0.15) is 111 Å². The number of hydrogen-bond donors (Lipinski definition) is 4. The summed E-state index contributed by atoms with van der Waals surface area (Å²) in [5, 5.41) is 37.4. The van der Waals surface area contributed by atoms with Gasteiger partial charge in [-0.25, -0.2) is 9.78 Å². The van der Waals surface area contributed by atoms with Crippen molar-refractivity contribution in [3.63, 3.8) is 0 Å². The van der Waals surface area contributed by atoms with E-state index in [0.29, 0.717) is 62.8 Å². The van der Waals surface area contributed by atoms with Gasteiger partial charge in [0.15, 0.2) is 0 Å². The fourth-order valence-electron chi connectivity index (χ4n) is 10.3. The van der Waals surface area contributed by atoms with Crippen LogP contribution in [0.25, 0.3) is 0 Å². The first-order chi connectivity index (χ1) is 31.9. The Morgan fingerprint density at radius 1 is 0.925 bits per heavy atom. The van der Waals surface area contributed by atoms with Crippen LogP contribution in [-0.2, 0) is 52.4 Å². The summed E-state index contributed by atoms with van der Waals surface area (Å²) in [7, 11) is 6.05. The molecule has 0 spiro atoms. The third-order valence-corrected chi connectivity index (χ3v) is 14.4. The quantitative estimate of drug-likeness (QED) is 0.135. The van der Waals surface area contributed by atoms with Crippen molar-refractivity contribution in [2.24, 2.45) is 23.7 Å². The van der Waals surface area contributed by atoms with Crippen molar-refractivity contribution in [2.45, 2.75) is 172 Å². The number of rotatable bonds is 11. The highest BCUT2D eigenvalue weighted by Crippen LogP contribution is 2.39. The van der Waals surface area contributed by atoms with E-state index in [0.717, 1.165) is 10.5 Å². The zero-order valence-electron chi connectivity index (χ0n) is 40.6. The lowest BCUT2D eigenvalue weighted by atomic mass is 9.81. The molecule has 2 bridgehead atoms. The maximum atomic E-state index is 14.5. The number of fused-ring (bicyclic) bond motifs is 3. The topological polar surface area (TPSA) is 230 Å². The van der Waals surface area contributed by atoms with E-state index in [2.05, 4.69) is 10.3 Å². The molecule has 2 amide bonds. The van der Waals surface area contributed by atoms with Crippen molar-refractivity contribution in [1.82, 2.24) is 9.88 Å². The zero-order valence-corrected chi connectivity index (χ0v) is 40.6. The molecule has 3 fully saturated rings. The van der Waals surface area contributed by atoms with Crippen molar-refractivity contribution < 1.29 is 67.7 Å². The number of aromatic nitrogens is 1. The number of aliphatic hydroxyl groups is 3. The van der Waals surface area contributed by atoms with Crippen LogP contribution < -0.4 is 5.32 Å². The lowest BCUT2D eigenvalue weighted by molar-refractivity contribution is -0.303. The minimum absolute atomic E-state index is 0.0443. The number of aliphatic hydroxyl groups excluding tert-OH is 2. The molecule has 1 aromatic rings. The van der Waals surface area contributed by atoms with E-state index >= 15 is 0 Å². The van der Waals surface area contributed by atoms with Gasteiger partial charge in [0.05, 0.1) is 36.6 Å². The number of cyclic esters (lactones) is 1. The first-order valence-electron chi connectivity index (χ1n) is 24.0. The summed E-state index contributed by atoms with van der Waals surface area (Å²) >= 11 is 0. The van der Waals surface area contributed by atoms with Crippen molar-refractivity contribution in [3.8, 4) is 0 Å². The molecule has 0 radical (unpaired) electrons. The number of esters is 1. The number of carbonyl (C=O) groups is 5. The van der Waals surface area contributed by atoms with Crippen LogP contribution in [-0.4, -0.2) is 150 Å². The molecule has 17 heteroatoms. The number of allylic oxidation sites excluding steroid dienone is 2. The monoisotopic (exact) mass is 942 g/mol. The van der Waals surface area contributed by atoms with Gasteiger partial charge >= 0.3 is 5.97 Å². The van der Waals surface area contributed by atoms with Crippen molar-refractivity contribution in [1.29, 1.82) is 0 Å². The van der Waals surface area contributed by atoms with Gasteiger partial charge in [-0.05, 0) is 102 Å². The van der Waals surface area contributed by atoms with Crippen LogP contribution in [0.3, 0.4) is 0 Å². The average molecular weight is 942 g/mol. The summed E-state index contributed by atoms with van der Waals surface area (Å²) < 4.78 is 35.9. The summed E-state index contributed by atoms with van der Waals surface area (Å²) in [5.41, 5.74) is 1.40. The Bertz CT molecular complexity index is 1900. The Morgan fingerprint density at radius 2 is 1.64 bits per heavy atom. The summed E-state index contributed by atoms with van der Waals surface area (Å²) in [6, 6.07) is 4.00.